The highest BCUT2D eigenvalue weighted by Crippen LogP contribution is 2.44. The molecule has 30 heavy (non-hydrogen) atoms. The molecule has 1 heterocycles. The molecule has 1 aliphatic heterocycles. The molecule has 2 aromatic carbocycles. The largest absolute Gasteiger partial charge is 0.454 e. The summed E-state index contributed by atoms with van der Waals surface area (Å²) in [5.41, 5.74) is 3.64. The molecule has 1 N–H and O–H groups in total. The fourth-order valence-corrected chi connectivity index (χ4v) is 4.86. The molecule has 0 fully saturated rings. The first kappa shape index (κ1) is 21.1. The van der Waals surface area contributed by atoms with Crippen molar-refractivity contribution in [3.63, 3.8) is 0 Å². The molecule has 5 heteroatoms. The Kier molecular flexibility index (Phi) is 6.59. The summed E-state index contributed by atoms with van der Waals surface area (Å²) < 4.78 is 30.2. The Balaban J connectivity index is 1.45. The van der Waals surface area contributed by atoms with Gasteiger partial charge in [-0.2, -0.15) is 0 Å². The van der Waals surface area contributed by atoms with Crippen molar-refractivity contribution in [1.82, 2.24) is 5.32 Å². The highest BCUT2D eigenvalue weighted by atomic mass is 19.1. The Morgan fingerprint density at radius 1 is 1.10 bits per heavy atom. The smallest absolute Gasteiger partial charge is 0.231 e. The quantitative estimate of drug-likeness (QED) is 0.684. The van der Waals surface area contributed by atoms with Crippen LogP contribution in [0, 0.1) is 17.7 Å². The van der Waals surface area contributed by atoms with E-state index in [0.29, 0.717) is 25.2 Å². The molecule has 1 unspecified atom stereocenters. The van der Waals surface area contributed by atoms with Gasteiger partial charge in [-0.25, -0.2) is 4.39 Å². The molecule has 2 aliphatic rings. The van der Waals surface area contributed by atoms with Crippen LogP contribution in [-0.4, -0.2) is 33.1 Å². The molecule has 0 amide bonds. The third kappa shape index (κ3) is 4.47. The maximum Gasteiger partial charge on any atom is 0.231 e. The van der Waals surface area contributed by atoms with Crippen LogP contribution in [0.2, 0.25) is 0 Å². The normalized spacial score (nSPS) is 19.2. The number of hydrogen-bond donors (Lipinski definition) is 1. The van der Waals surface area contributed by atoms with Crippen LogP contribution in [0.25, 0.3) is 0 Å². The molecule has 0 aromatic heterocycles. The number of nitrogens with one attached hydrogen (secondary N) is 1. The van der Waals surface area contributed by atoms with Gasteiger partial charge in [-0.1, -0.05) is 26.0 Å². The number of halogens is 1. The zero-order valence-electron chi connectivity index (χ0n) is 18.0. The van der Waals surface area contributed by atoms with Gasteiger partial charge in [-0.15, -0.1) is 0 Å². The highest BCUT2D eigenvalue weighted by Gasteiger charge is 2.37. The fourth-order valence-electron chi connectivity index (χ4n) is 4.86. The molecule has 2 atom stereocenters. The van der Waals surface area contributed by atoms with E-state index in [1.807, 2.05) is 12.1 Å². The molecular formula is C25H31FNO3. The van der Waals surface area contributed by atoms with Crippen molar-refractivity contribution in [2.75, 3.05) is 27.1 Å². The van der Waals surface area contributed by atoms with E-state index < -0.39 is 0 Å². The third-order valence-corrected chi connectivity index (χ3v) is 6.21. The van der Waals surface area contributed by atoms with Crippen LogP contribution in [-0.2, 0) is 17.6 Å². The van der Waals surface area contributed by atoms with Crippen LogP contribution >= 0.6 is 0 Å². The van der Waals surface area contributed by atoms with Gasteiger partial charge >= 0.3 is 0 Å². The summed E-state index contributed by atoms with van der Waals surface area (Å²) in [5.74, 6) is 3.72. The Labute approximate surface area is 178 Å². The summed E-state index contributed by atoms with van der Waals surface area (Å²) in [4.78, 5) is 0. The van der Waals surface area contributed by atoms with Crippen molar-refractivity contribution in [2.24, 2.45) is 5.92 Å². The van der Waals surface area contributed by atoms with E-state index in [1.54, 1.807) is 19.2 Å². The molecular weight excluding hydrogens is 381 g/mol. The zero-order valence-corrected chi connectivity index (χ0v) is 18.0. The Bertz CT molecular complexity index is 869. The van der Waals surface area contributed by atoms with Crippen LogP contribution < -0.4 is 14.8 Å². The van der Waals surface area contributed by atoms with Crippen molar-refractivity contribution >= 4 is 0 Å². The molecule has 0 saturated heterocycles. The first-order chi connectivity index (χ1) is 14.6. The molecule has 0 saturated carbocycles. The zero-order chi connectivity index (χ0) is 21.1. The maximum atomic E-state index is 13.8. The van der Waals surface area contributed by atoms with Gasteiger partial charge in [0.05, 0.1) is 6.61 Å². The average Bonchev–Trinajstić information content (AvgIpc) is 3.20. The molecule has 4 rings (SSSR count). The lowest BCUT2D eigenvalue weighted by Gasteiger charge is -2.40. The van der Waals surface area contributed by atoms with Crippen molar-refractivity contribution in [3.05, 3.63) is 64.8 Å². The molecule has 4 nitrogen and oxygen atoms in total. The molecule has 1 radical (unpaired) electrons. The number of aryl methyl sites for hydroxylation is 1. The van der Waals surface area contributed by atoms with Crippen LogP contribution in [0.4, 0.5) is 4.39 Å². The predicted molar refractivity (Wildman–Crippen MR) is 115 cm³/mol. The Hall–Kier alpha value is -2.11. The standard InChI is InChI=1S/C25H31FNO3/c1-16(2)25-20-8-6-19(26)13-18(20)5-7-21(25)22(14-28-3)27-11-10-17-4-9-23-24(12-17)30-15-29-23/h4,6,8-9,12-13,16,22,25,27H,5,7,10-11,14-15H2,1-3H3/t22?,25-/m0/s1. The topological polar surface area (TPSA) is 39.7 Å². The van der Waals surface area contributed by atoms with Crippen molar-refractivity contribution < 1.29 is 18.6 Å². The lowest BCUT2D eigenvalue weighted by molar-refractivity contribution is 0.161. The van der Waals surface area contributed by atoms with Crippen LogP contribution in [0.1, 0.15) is 42.9 Å². The number of methoxy groups -OCH3 is 1. The van der Waals surface area contributed by atoms with Gasteiger partial charge in [0.1, 0.15) is 5.82 Å². The summed E-state index contributed by atoms with van der Waals surface area (Å²) in [5, 5.41) is 3.73. The van der Waals surface area contributed by atoms with Crippen LogP contribution in [0.3, 0.4) is 0 Å². The van der Waals surface area contributed by atoms with Crippen molar-refractivity contribution in [2.45, 2.75) is 45.1 Å². The Morgan fingerprint density at radius 3 is 2.73 bits per heavy atom. The molecule has 1 aliphatic carbocycles. The minimum Gasteiger partial charge on any atom is -0.454 e. The van der Waals surface area contributed by atoms with E-state index in [-0.39, 0.29) is 11.9 Å². The molecule has 2 aromatic rings. The van der Waals surface area contributed by atoms with Crippen LogP contribution in [0.15, 0.2) is 36.4 Å². The van der Waals surface area contributed by atoms with Gasteiger partial charge < -0.3 is 19.5 Å². The lowest BCUT2D eigenvalue weighted by atomic mass is 9.67. The van der Waals surface area contributed by atoms with E-state index in [1.165, 1.54) is 17.0 Å². The summed E-state index contributed by atoms with van der Waals surface area (Å²) >= 11 is 0. The first-order valence-corrected chi connectivity index (χ1v) is 10.8. The monoisotopic (exact) mass is 412 g/mol. The third-order valence-electron chi connectivity index (χ3n) is 6.21. The van der Waals surface area contributed by atoms with E-state index in [9.17, 15) is 4.39 Å². The SMILES string of the molecule is COCC(NCCc1ccc2c(c1)OCO2)[C]1CCc2cc(F)ccc2[C@@H]1C(C)C. The van der Waals surface area contributed by atoms with Gasteiger partial charge in [0, 0.05) is 19.1 Å². The second kappa shape index (κ2) is 9.36. The highest BCUT2D eigenvalue weighted by molar-refractivity contribution is 5.44. The second-order valence-electron chi connectivity index (χ2n) is 8.54. The van der Waals surface area contributed by atoms with Crippen LogP contribution in [0.5, 0.6) is 11.5 Å². The maximum absolute atomic E-state index is 13.8. The van der Waals surface area contributed by atoms with E-state index in [4.69, 9.17) is 14.2 Å². The number of fused-ring (bicyclic) bond motifs is 2. The van der Waals surface area contributed by atoms with Crippen molar-refractivity contribution in [1.29, 1.82) is 0 Å². The summed E-state index contributed by atoms with van der Waals surface area (Å²) in [6, 6.07) is 11.6. The van der Waals surface area contributed by atoms with Gasteiger partial charge in [-0.3, -0.25) is 0 Å². The van der Waals surface area contributed by atoms with E-state index in [2.05, 4.69) is 31.3 Å². The van der Waals surface area contributed by atoms with Gasteiger partial charge in [-0.05, 0) is 78.6 Å². The van der Waals surface area contributed by atoms with E-state index in [0.717, 1.165) is 42.9 Å². The number of hydrogen-bond acceptors (Lipinski definition) is 4. The summed E-state index contributed by atoms with van der Waals surface area (Å²) in [7, 11) is 1.75. The van der Waals surface area contributed by atoms with Gasteiger partial charge in [0.2, 0.25) is 6.79 Å². The predicted octanol–water partition coefficient (Wildman–Crippen LogP) is 4.66. The minimum absolute atomic E-state index is 0.144. The molecule has 161 valence electrons. The van der Waals surface area contributed by atoms with Gasteiger partial charge in [0.25, 0.3) is 0 Å². The number of benzene rings is 2. The average molecular weight is 413 g/mol. The number of ether oxygens (including phenoxy) is 3. The van der Waals surface area contributed by atoms with Crippen molar-refractivity contribution in [3.8, 4) is 11.5 Å². The summed E-state index contributed by atoms with van der Waals surface area (Å²) in [6.07, 6.45) is 2.75. The second-order valence-corrected chi connectivity index (χ2v) is 8.54. The van der Waals surface area contributed by atoms with Gasteiger partial charge in [0.15, 0.2) is 11.5 Å². The summed E-state index contributed by atoms with van der Waals surface area (Å²) in [6.45, 7) is 6.28. The number of rotatable bonds is 8. The Morgan fingerprint density at radius 2 is 1.93 bits per heavy atom. The first-order valence-electron chi connectivity index (χ1n) is 10.8. The lowest BCUT2D eigenvalue weighted by Crippen LogP contribution is -2.44. The fraction of sp³-hybridized carbons (Fsp3) is 0.480. The molecule has 0 bridgehead atoms. The van der Waals surface area contributed by atoms with E-state index >= 15 is 0 Å². The molecule has 0 spiro atoms. The minimum atomic E-state index is -0.144.